The molecule has 0 atom stereocenters. The summed E-state index contributed by atoms with van der Waals surface area (Å²) in [4.78, 5) is 0.103. The van der Waals surface area contributed by atoms with Crippen LogP contribution in [0.3, 0.4) is 0 Å². The van der Waals surface area contributed by atoms with Crippen molar-refractivity contribution in [1.82, 2.24) is 10.2 Å². The molecule has 1 aromatic heterocycles. The Hall–Kier alpha value is -1.99. The van der Waals surface area contributed by atoms with Gasteiger partial charge in [-0.25, -0.2) is 13.6 Å². The van der Waals surface area contributed by atoms with Crippen LogP contribution in [0.15, 0.2) is 47.5 Å². The van der Waals surface area contributed by atoms with Gasteiger partial charge >= 0.3 is 0 Å². The highest BCUT2D eigenvalue weighted by atomic mass is 32.2. The number of nitrogens with zero attached hydrogens (tertiary/aromatic N) is 2. The maximum Gasteiger partial charge on any atom is 0.238 e. The molecule has 0 aliphatic carbocycles. The third-order valence-electron chi connectivity index (χ3n) is 2.30. The average molecular weight is 264 g/mol. The fourth-order valence-electron chi connectivity index (χ4n) is 1.39. The number of nitrogens with two attached hydrogens (primary N) is 1. The number of nitrogens with one attached hydrogen (secondary N) is 1. The van der Waals surface area contributed by atoms with E-state index in [1.54, 1.807) is 30.5 Å². The SMILES string of the molecule is NS(=O)(=O)c1ccc(CNc2cccnn2)cc1. The maximum atomic E-state index is 11.1. The maximum absolute atomic E-state index is 11.1. The first-order chi connectivity index (χ1) is 8.55. The van der Waals surface area contributed by atoms with Gasteiger partial charge in [-0.3, -0.25) is 0 Å². The topological polar surface area (TPSA) is 98.0 Å². The molecule has 0 unspecified atom stereocenters. The molecular formula is C11H12N4O2S. The van der Waals surface area contributed by atoms with Crippen LogP contribution in [0.25, 0.3) is 0 Å². The van der Waals surface area contributed by atoms with Crippen LogP contribution >= 0.6 is 0 Å². The zero-order chi connectivity index (χ0) is 13.0. The summed E-state index contributed by atoms with van der Waals surface area (Å²) >= 11 is 0. The molecular weight excluding hydrogens is 252 g/mol. The number of hydrogen-bond acceptors (Lipinski definition) is 5. The summed E-state index contributed by atoms with van der Waals surface area (Å²) < 4.78 is 22.1. The van der Waals surface area contributed by atoms with E-state index in [-0.39, 0.29) is 4.90 Å². The molecule has 3 N–H and O–H groups in total. The molecule has 0 aliphatic rings. The molecule has 7 heteroatoms. The normalized spacial score (nSPS) is 11.2. The monoisotopic (exact) mass is 264 g/mol. The highest BCUT2D eigenvalue weighted by Crippen LogP contribution is 2.10. The Morgan fingerprint density at radius 3 is 2.44 bits per heavy atom. The van der Waals surface area contributed by atoms with E-state index in [0.29, 0.717) is 12.4 Å². The van der Waals surface area contributed by atoms with Crippen LogP contribution in [-0.2, 0) is 16.6 Å². The van der Waals surface area contributed by atoms with Gasteiger partial charge < -0.3 is 5.32 Å². The van der Waals surface area contributed by atoms with E-state index < -0.39 is 10.0 Å². The quantitative estimate of drug-likeness (QED) is 0.848. The van der Waals surface area contributed by atoms with Crippen molar-refractivity contribution in [2.45, 2.75) is 11.4 Å². The van der Waals surface area contributed by atoms with Gasteiger partial charge in [0.1, 0.15) is 5.82 Å². The van der Waals surface area contributed by atoms with E-state index in [1.165, 1.54) is 12.1 Å². The van der Waals surface area contributed by atoms with Gasteiger partial charge in [-0.15, -0.1) is 5.10 Å². The van der Waals surface area contributed by atoms with Crippen molar-refractivity contribution in [3.05, 3.63) is 48.2 Å². The third kappa shape index (κ3) is 3.25. The number of rotatable bonds is 4. The first kappa shape index (κ1) is 12.5. The second-order valence-electron chi connectivity index (χ2n) is 3.65. The summed E-state index contributed by atoms with van der Waals surface area (Å²) in [5.41, 5.74) is 0.924. The molecule has 6 nitrogen and oxygen atoms in total. The van der Waals surface area contributed by atoms with Crippen molar-refractivity contribution in [1.29, 1.82) is 0 Å². The largest absolute Gasteiger partial charge is 0.365 e. The van der Waals surface area contributed by atoms with E-state index in [9.17, 15) is 8.42 Å². The Kier molecular flexibility index (Phi) is 3.54. The Balaban J connectivity index is 2.03. The summed E-state index contributed by atoms with van der Waals surface area (Å²) in [6.45, 7) is 0.531. The van der Waals surface area contributed by atoms with Crippen LogP contribution in [0, 0.1) is 0 Å². The van der Waals surface area contributed by atoms with E-state index in [4.69, 9.17) is 5.14 Å². The zero-order valence-electron chi connectivity index (χ0n) is 9.45. The van der Waals surface area contributed by atoms with Gasteiger partial charge in [-0.05, 0) is 29.8 Å². The molecule has 0 bridgehead atoms. The molecule has 0 radical (unpaired) electrons. The highest BCUT2D eigenvalue weighted by molar-refractivity contribution is 7.89. The summed E-state index contributed by atoms with van der Waals surface area (Å²) in [5, 5.41) is 15.7. The lowest BCUT2D eigenvalue weighted by atomic mass is 10.2. The molecule has 94 valence electrons. The predicted octanol–water partition coefficient (Wildman–Crippen LogP) is 0.736. The molecule has 0 saturated heterocycles. The van der Waals surface area contributed by atoms with Crippen LogP contribution in [-0.4, -0.2) is 18.6 Å². The average Bonchev–Trinajstić information content (AvgIpc) is 2.37. The number of primary sulfonamides is 1. The molecule has 0 saturated carbocycles. The molecule has 1 aromatic carbocycles. The minimum atomic E-state index is -3.63. The third-order valence-corrected chi connectivity index (χ3v) is 3.23. The summed E-state index contributed by atoms with van der Waals surface area (Å²) in [5.74, 6) is 0.660. The number of aromatic nitrogens is 2. The van der Waals surface area contributed by atoms with E-state index in [2.05, 4.69) is 15.5 Å². The molecule has 2 rings (SSSR count). The number of hydrogen-bond donors (Lipinski definition) is 2. The molecule has 2 aromatic rings. The number of anilines is 1. The van der Waals surface area contributed by atoms with Gasteiger partial charge in [0, 0.05) is 12.7 Å². The van der Waals surface area contributed by atoms with E-state index in [1.807, 2.05) is 0 Å². The Morgan fingerprint density at radius 2 is 1.89 bits per heavy atom. The predicted molar refractivity (Wildman–Crippen MR) is 67.2 cm³/mol. The van der Waals surface area contributed by atoms with Crippen LogP contribution in [0.5, 0.6) is 0 Å². The lowest BCUT2D eigenvalue weighted by molar-refractivity contribution is 0.598. The van der Waals surface area contributed by atoms with E-state index >= 15 is 0 Å². The van der Waals surface area contributed by atoms with Crippen molar-refractivity contribution in [3.63, 3.8) is 0 Å². The van der Waals surface area contributed by atoms with Crippen molar-refractivity contribution in [3.8, 4) is 0 Å². The Bertz CT molecular complexity index is 611. The Morgan fingerprint density at radius 1 is 1.17 bits per heavy atom. The van der Waals surface area contributed by atoms with Crippen LogP contribution in [0.2, 0.25) is 0 Å². The van der Waals surface area contributed by atoms with Gasteiger partial charge in [-0.2, -0.15) is 5.10 Å². The Labute approximate surface area is 105 Å². The lowest BCUT2D eigenvalue weighted by Gasteiger charge is -2.05. The van der Waals surface area contributed by atoms with Crippen LogP contribution in [0.1, 0.15) is 5.56 Å². The fourth-order valence-corrected chi connectivity index (χ4v) is 1.90. The van der Waals surface area contributed by atoms with Crippen molar-refractivity contribution >= 4 is 15.8 Å². The van der Waals surface area contributed by atoms with Crippen molar-refractivity contribution in [2.24, 2.45) is 5.14 Å². The van der Waals surface area contributed by atoms with Crippen molar-refractivity contribution in [2.75, 3.05) is 5.32 Å². The van der Waals surface area contributed by atoms with Crippen molar-refractivity contribution < 1.29 is 8.42 Å². The van der Waals surface area contributed by atoms with Crippen LogP contribution in [0.4, 0.5) is 5.82 Å². The highest BCUT2D eigenvalue weighted by Gasteiger charge is 2.06. The van der Waals surface area contributed by atoms with Crippen LogP contribution < -0.4 is 10.5 Å². The molecule has 18 heavy (non-hydrogen) atoms. The van der Waals surface area contributed by atoms with Gasteiger partial charge in [-0.1, -0.05) is 12.1 Å². The number of sulfonamides is 1. The van der Waals surface area contributed by atoms with Gasteiger partial charge in [0.05, 0.1) is 4.90 Å². The molecule has 0 fully saturated rings. The molecule has 0 aliphatic heterocycles. The molecule has 0 amide bonds. The summed E-state index contributed by atoms with van der Waals surface area (Å²) in [6.07, 6.45) is 1.59. The minimum absolute atomic E-state index is 0.103. The minimum Gasteiger partial charge on any atom is -0.365 e. The summed E-state index contributed by atoms with van der Waals surface area (Å²) in [6, 6.07) is 9.92. The van der Waals surface area contributed by atoms with E-state index in [0.717, 1.165) is 5.56 Å². The zero-order valence-corrected chi connectivity index (χ0v) is 10.3. The standard InChI is InChI=1S/C11H12N4O2S/c12-18(16,17)10-5-3-9(4-6-10)8-13-11-2-1-7-14-15-11/h1-7H,8H2,(H,13,15)(H2,12,16,17). The lowest BCUT2D eigenvalue weighted by Crippen LogP contribution is -2.12. The second kappa shape index (κ2) is 5.11. The smallest absolute Gasteiger partial charge is 0.238 e. The first-order valence-corrected chi connectivity index (χ1v) is 6.74. The van der Waals surface area contributed by atoms with Gasteiger partial charge in [0.25, 0.3) is 0 Å². The van der Waals surface area contributed by atoms with Gasteiger partial charge in [0.2, 0.25) is 10.0 Å². The molecule has 1 heterocycles. The first-order valence-electron chi connectivity index (χ1n) is 5.19. The molecule has 0 spiro atoms. The number of benzene rings is 1. The second-order valence-corrected chi connectivity index (χ2v) is 5.21. The fraction of sp³-hybridized carbons (Fsp3) is 0.0909. The summed E-state index contributed by atoms with van der Waals surface area (Å²) in [7, 11) is -3.63. The van der Waals surface area contributed by atoms with Gasteiger partial charge in [0.15, 0.2) is 0 Å².